The van der Waals surface area contributed by atoms with Gasteiger partial charge in [-0.1, -0.05) is 66.2 Å². The molecule has 0 saturated carbocycles. The molecule has 3 aromatic carbocycles. The van der Waals surface area contributed by atoms with E-state index in [0.717, 1.165) is 42.1 Å². The molecule has 4 nitrogen and oxygen atoms in total. The van der Waals surface area contributed by atoms with Crippen LogP contribution < -0.4 is 9.47 Å². The van der Waals surface area contributed by atoms with Gasteiger partial charge in [-0.3, -0.25) is 9.69 Å². The number of ether oxygens (including phenoxy) is 2. The smallest absolute Gasteiger partial charge is 0.165 e. The molecule has 1 unspecified atom stereocenters. The number of nitrogens with zero attached hydrogens (tertiary/aromatic N) is 1. The lowest BCUT2D eigenvalue weighted by Crippen LogP contribution is -2.45. The average molecular weight is 428 g/mol. The lowest BCUT2D eigenvalue weighted by atomic mass is 9.80. The molecule has 2 atom stereocenters. The molecule has 3 aromatic rings. The highest BCUT2D eigenvalue weighted by molar-refractivity contribution is 5.87. The summed E-state index contributed by atoms with van der Waals surface area (Å²) in [5, 5.41) is 0. The number of Topliss-reactive ketones (excluding diaryl/α,β-unsaturated/α-hetero) is 1. The zero-order valence-electron chi connectivity index (χ0n) is 18.7. The Kier molecular flexibility index (Phi) is 5.71. The highest BCUT2D eigenvalue weighted by atomic mass is 16.5. The molecule has 2 heterocycles. The van der Waals surface area contributed by atoms with E-state index >= 15 is 0 Å². The van der Waals surface area contributed by atoms with Gasteiger partial charge in [0.2, 0.25) is 0 Å². The summed E-state index contributed by atoms with van der Waals surface area (Å²) in [6.07, 6.45) is 1.43. The summed E-state index contributed by atoms with van der Waals surface area (Å²) in [4.78, 5) is 15.7. The first-order valence-corrected chi connectivity index (χ1v) is 11.3. The van der Waals surface area contributed by atoms with E-state index < -0.39 is 0 Å². The van der Waals surface area contributed by atoms with Gasteiger partial charge in [0.25, 0.3) is 0 Å². The summed E-state index contributed by atoms with van der Waals surface area (Å²) >= 11 is 0. The minimum atomic E-state index is -0.0419. The zero-order chi connectivity index (χ0) is 22.1. The maximum absolute atomic E-state index is 13.2. The Balaban J connectivity index is 1.42. The van der Waals surface area contributed by atoms with Gasteiger partial charge in [0, 0.05) is 31.1 Å². The maximum atomic E-state index is 13.2. The fraction of sp³-hybridized carbons (Fsp3) is 0.321. The van der Waals surface area contributed by atoms with Crippen LogP contribution in [0.5, 0.6) is 11.5 Å². The molecular weight excluding hydrogens is 398 g/mol. The number of aryl methyl sites for hydroxylation is 1. The van der Waals surface area contributed by atoms with E-state index in [-0.39, 0.29) is 12.0 Å². The van der Waals surface area contributed by atoms with Crippen molar-refractivity contribution >= 4 is 5.78 Å². The van der Waals surface area contributed by atoms with Crippen LogP contribution in [0.1, 0.15) is 46.2 Å². The van der Waals surface area contributed by atoms with Crippen LogP contribution in [0.3, 0.4) is 0 Å². The molecule has 0 radical (unpaired) electrons. The Morgan fingerprint density at radius 2 is 1.88 bits per heavy atom. The van der Waals surface area contributed by atoms with Crippen LogP contribution in [0.2, 0.25) is 0 Å². The molecule has 0 bridgehead atoms. The van der Waals surface area contributed by atoms with E-state index in [0.29, 0.717) is 18.8 Å². The highest BCUT2D eigenvalue weighted by Gasteiger charge is 2.39. The molecule has 0 spiro atoms. The molecule has 32 heavy (non-hydrogen) atoms. The van der Waals surface area contributed by atoms with Gasteiger partial charge in [-0.2, -0.15) is 0 Å². The van der Waals surface area contributed by atoms with Crippen molar-refractivity contribution in [3.63, 3.8) is 0 Å². The van der Waals surface area contributed by atoms with Crippen molar-refractivity contribution in [2.45, 2.75) is 38.3 Å². The summed E-state index contributed by atoms with van der Waals surface area (Å²) < 4.78 is 11.9. The Morgan fingerprint density at radius 3 is 2.66 bits per heavy atom. The third-order valence-electron chi connectivity index (χ3n) is 6.80. The van der Waals surface area contributed by atoms with E-state index in [1.54, 1.807) is 7.11 Å². The van der Waals surface area contributed by atoms with Crippen LogP contribution in [0, 0.1) is 6.92 Å². The molecule has 5 rings (SSSR count). The van der Waals surface area contributed by atoms with Gasteiger partial charge in [0.05, 0.1) is 13.0 Å². The van der Waals surface area contributed by atoms with E-state index in [9.17, 15) is 4.79 Å². The zero-order valence-corrected chi connectivity index (χ0v) is 18.7. The molecule has 0 aliphatic carbocycles. The molecule has 2 aliphatic rings. The lowest BCUT2D eigenvalue weighted by molar-refractivity contribution is -0.125. The summed E-state index contributed by atoms with van der Waals surface area (Å²) in [6, 6.07) is 22.8. The minimum Gasteiger partial charge on any atom is -0.493 e. The Labute approximate surface area is 189 Å². The van der Waals surface area contributed by atoms with E-state index in [1.807, 2.05) is 24.3 Å². The number of piperidine rings is 1. The maximum Gasteiger partial charge on any atom is 0.165 e. The van der Waals surface area contributed by atoms with Gasteiger partial charge >= 0.3 is 0 Å². The predicted molar refractivity (Wildman–Crippen MR) is 125 cm³/mol. The van der Waals surface area contributed by atoms with Crippen LogP contribution in [-0.2, 0) is 17.8 Å². The first-order valence-electron chi connectivity index (χ1n) is 11.3. The van der Waals surface area contributed by atoms with Gasteiger partial charge in [0.1, 0.15) is 12.4 Å². The summed E-state index contributed by atoms with van der Waals surface area (Å²) in [7, 11) is 1.68. The van der Waals surface area contributed by atoms with Crippen LogP contribution in [0.4, 0.5) is 0 Å². The number of hydrogen-bond donors (Lipinski definition) is 0. The van der Waals surface area contributed by atoms with Gasteiger partial charge in [-0.25, -0.2) is 0 Å². The largest absolute Gasteiger partial charge is 0.493 e. The number of ketones is 1. The number of carbonyl (C=O) groups excluding carboxylic acids is 1. The van der Waals surface area contributed by atoms with Crippen molar-refractivity contribution in [3.8, 4) is 11.5 Å². The van der Waals surface area contributed by atoms with E-state index in [2.05, 4.69) is 54.3 Å². The Hall–Kier alpha value is -3.11. The Morgan fingerprint density at radius 1 is 1.03 bits per heavy atom. The van der Waals surface area contributed by atoms with Crippen molar-refractivity contribution < 1.29 is 14.3 Å². The van der Waals surface area contributed by atoms with Gasteiger partial charge in [-0.15, -0.1) is 0 Å². The number of hydrogen-bond acceptors (Lipinski definition) is 4. The van der Waals surface area contributed by atoms with Crippen LogP contribution >= 0.6 is 0 Å². The first-order chi connectivity index (χ1) is 15.6. The topological polar surface area (TPSA) is 38.8 Å². The molecule has 0 N–H and O–H groups in total. The highest BCUT2D eigenvalue weighted by Crippen LogP contribution is 2.45. The summed E-state index contributed by atoms with van der Waals surface area (Å²) in [5.74, 6) is 1.86. The second-order valence-corrected chi connectivity index (χ2v) is 8.84. The third-order valence-corrected chi connectivity index (χ3v) is 6.80. The fourth-order valence-corrected chi connectivity index (χ4v) is 5.15. The molecule has 4 heteroatoms. The molecule has 1 fully saturated rings. The number of methoxy groups -OCH3 is 1. The number of fused-ring (bicyclic) bond motifs is 3. The molecule has 164 valence electrons. The third kappa shape index (κ3) is 3.91. The quantitative estimate of drug-likeness (QED) is 0.558. The Bertz CT molecular complexity index is 1120. The first kappa shape index (κ1) is 20.8. The molecule has 0 amide bonds. The number of rotatable bonds is 5. The van der Waals surface area contributed by atoms with Crippen LogP contribution in [-0.4, -0.2) is 30.9 Å². The van der Waals surface area contributed by atoms with Gasteiger partial charge in [0.15, 0.2) is 11.5 Å². The van der Waals surface area contributed by atoms with Crippen molar-refractivity contribution in [1.82, 2.24) is 4.90 Å². The van der Waals surface area contributed by atoms with Crippen molar-refractivity contribution in [1.29, 1.82) is 0 Å². The van der Waals surface area contributed by atoms with Gasteiger partial charge < -0.3 is 9.47 Å². The van der Waals surface area contributed by atoms with Crippen molar-refractivity contribution in [2.75, 3.05) is 20.2 Å². The second-order valence-electron chi connectivity index (χ2n) is 8.84. The lowest BCUT2D eigenvalue weighted by Gasteiger charge is -2.43. The molecule has 0 aromatic heterocycles. The second kappa shape index (κ2) is 8.79. The summed E-state index contributed by atoms with van der Waals surface area (Å²) in [5.41, 5.74) is 5.85. The van der Waals surface area contributed by atoms with Gasteiger partial charge in [-0.05, 0) is 36.1 Å². The standard InChI is InChI=1S/C28H29NO3/c1-19-7-6-10-21(15-19)24-17-29-14-13-23-22(25(29)16-26(24)30)11-12-27(31-2)28(23)32-18-20-8-4-3-5-9-20/h3-12,15,24-25H,13-14,16-18H2,1-2H3/t24?,25-/m0/s1. The minimum absolute atomic E-state index is 0.0419. The molecule has 2 aliphatic heterocycles. The SMILES string of the molecule is COc1ccc2c(c1OCc1ccccc1)CCN1CC(c3cccc(C)c3)C(=O)C[C@@H]21. The number of benzene rings is 3. The summed E-state index contributed by atoms with van der Waals surface area (Å²) in [6.45, 7) is 4.28. The van der Waals surface area contributed by atoms with Crippen molar-refractivity contribution in [2.24, 2.45) is 0 Å². The normalized spacial score (nSPS) is 20.4. The fourth-order valence-electron chi connectivity index (χ4n) is 5.15. The van der Waals surface area contributed by atoms with Crippen LogP contribution in [0.15, 0.2) is 66.7 Å². The van der Waals surface area contributed by atoms with Crippen molar-refractivity contribution in [3.05, 3.63) is 94.5 Å². The molecule has 1 saturated heterocycles. The predicted octanol–water partition coefficient (Wildman–Crippen LogP) is 5.24. The van der Waals surface area contributed by atoms with E-state index in [4.69, 9.17) is 9.47 Å². The average Bonchev–Trinajstić information content (AvgIpc) is 2.82. The van der Waals surface area contributed by atoms with E-state index in [1.165, 1.54) is 16.7 Å². The monoisotopic (exact) mass is 427 g/mol. The van der Waals surface area contributed by atoms with Crippen LogP contribution in [0.25, 0.3) is 0 Å². The number of carbonyl (C=O) groups is 1. The molecular formula is C28H29NO3.